The maximum absolute atomic E-state index is 12.2. The van der Waals surface area contributed by atoms with E-state index in [4.69, 9.17) is 5.21 Å². The Morgan fingerprint density at radius 2 is 1.68 bits per heavy atom. The van der Waals surface area contributed by atoms with Gasteiger partial charge in [0.15, 0.2) is 9.84 Å². The van der Waals surface area contributed by atoms with E-state index in [2.05, 4.69) is 0 Å². The predicted octanol–water partition coefficient (Wildman–Crippen LogP) is 2.18. The van der Waals surface area contributed by atoms with Gasteiger partial charge in [0, 0.05) is 6.08 Å². The third-order valence-corrected chi connectivity index (χ3v) is 4.68. The van der Waals surface area contributed by atoms with Crippen LogP contribution in [0.25, 0.3) is 6.08 Å². The summed E-state index contributed by atoms with van der Waals surface area (Å²) in [5, 5.41) is 8.38. The van der Waals surface area contributed by atoms with Crippen LogP contribution < -0.4 is 5.48 Å². The van der Waals surface area contributed by atoms with Gasteiger partial charge in [-0.15, -0.1) is 0 Å². The van der Waals surface area contributed by atoms with Gasteiger partial charge < -0.3 is 0 Å². The third kappa shape index (κ3) is 4.28. The fourth-order valence-corrected chi connectivity index (χ4v) is 3.23. The third-order valence-electron chi connectivity index (χ3n) is 2.98. The van der Waals surface area contributed by atoms with Gasteiger partial charge in [0.1, 0.15) is 0 Å². The zero-order valence-corrected chi connectivity index (χ0v) is 12.5. The first-order valence-corrected chi connectivity index (χ1v) is 8.15. The lowest BCUT2D eigenvalue weighted by Gasteiger charge is -2.05. The van der Waals surface area contributed by atoms with Crippen molar-refractivity contribution in [2.24, 2.45) is 0 Å². The summed E-state index contributed by atoms with van der Waals surface area (Å²) in [5.41, 5.74) is 2.88. The first kappa shape index (κ1) is 15.9. The highest BCUT2D eigenvalue weighted by molar-refractivity contribution is 7.90. The molecule has 2 aromatic rings. The molecule has 0 bridgehead atoms. The fraction of sp³-hybridized carbons (Fsp3) is 0.0625. The Morgan fingerprint density at radius 3 is 2.27 bits per heavy atom. The zero-order chi connectivity index (χ0) is 16.0. The molecule has 0 aromatic heterocycles. The van der Waals surface area contributed by atoms with Crippen LogP contribution in [0.3, 0.4) is 0 Å². The Morgan fingerprint density at radius 1 is 1.05 bits per heavy atom. The normalized spacial score (nSPS) is 11.5. The Hall–Kier alpha value is -2.44. The van der Waals surface area contributed by atoms with Crippen molar-refractivity contribution in [3.05, 3.63) is 71.8 Å². The first-order chi connectivity index (χ1) is 10.5. The molecular formula is C16H15NO4S. The van der Waals surface area contributed by atoms with Crippen LogP contribution in [0.1, 0.15) is 11.1 Å². The van der Waals surface area contributed by atoms with E-state index in [1.54, 1.807) is 54.6 Å². The van der Waals surface area contributed by atoms with E-state index in [0.29, 0.717) is 10.5 Å². The number of hydroxylamine groups is 1. The van der Waals surface area contributed by atoms with Crippen LogP contribution in [0.5, 0.6) is 0 Å². The number of hydrogen-bond donors (Lipinski definition) is 2. The van der Waals surface area contributed by atoms with Crippen molar-refractivity contribution in [1.82, 2.24) is 5.48 Å². The number of sulfone groups is 1. The van der Waals surface area contributed by atoms with Crippen molar-refractivity contribution in [2.75, 3.05) is 0 Å². The van der Waals surface area contributed by atoms with Gasteiger partial charge in [-0.2, -0.15) is 0 Å². The van der Waals surface area contributed by atoms with E-state index in [-0.39, 0.29) is 5.75 Å². The monoisotopic (exact) mass is 317 g/mol. The number of nitrogens with one attached hydrogen (secondary N) is 1. The molecule has 2 rings (SSSR count). The average molecular weight is 317 g/mol. The molecule has 0 spiro atoms. The molecule has 0 aliphatic rings. The minimum atomic E-state index is -3.37. The quantitative estimate of drug-likeness (QED) is 0.503. The molecule has 0 aliphatic heterocycles. The Balaban J connectivity index is 2.12. The van der Waals surface area contributed by atoms with Crippen LogP contribution in [0.4, 0.5) is 0 Å². The molecule has 0 saturated carbocycles. The van der Waals surface area contributed by atoms with Gasteiger partial charge in [0.2, 0.25) is 0 Å². The lowest BCUT2D eigenvalue weighted by molar-refractivity contribution is -0.124. The van der Waals surface area contributed by atoms with E-state index in [9.17, 15) is 13.2 Å². The van der Waals surface area contributed by atoms with Crippen molar-refractivity contribution in [2.45, 2.75) is 10.6 Å². The second-order valence-corrected chi connectivity index (χ2v) is 6.61. The van der Waals surface area contributed by atoms with Crippen molar-refractivity contribution >= 4 is 21.8 Å². The van der Waals surface area contributed by atoms with Gasteiger partial charge in [-0.1, -0.05) is 42.5 Å². The SMILES string of the molecule is O=C(C=Cc1ccc(CS(=O)(=O)c2ccccc2)cc1)NO. The van der Waals surface area contributed by atoms with E-state index in [0.717, 1.165) is 5.56 Å². The number of hydrogen-bond acceptors (Lipinski definition) is 4. The smallest absolute Gasteiger partial charge is 0.267 e. The van der Waals surface area contributed by atoms with Crippen molar-refractivity contribution in [3.8, 4) is 0 Å². The van der Waals surface area contributed by atoms with Crippen LogP contribution in [0, 0.1) is 0 Å². The van der Waals surface area contributed by atoms with Gasteiger partial charge in [0.05, 0.1) is 10.6 Å². The Bertz CT molecular complexity index is 766. The molecule has 1 amide bonds. The number of benzene rings is 2. The molecule has 114 valence electrons. The molecule has 6 heteroatoms. The minimum Gasteiger partial charge on any atom is -0.288 e. The second-order valence-electron chi connectivity index (χ2n) is 4.62. The molecule has 0 fully saturated rings. The molecule has 0 atom stereocenters. The molecule has 0 aliphatic carbocycles. The number of rotatable bonds is 5. The highest BCUT2D eigenvalue weighted by atomic mass is 32.2. The number of carbonyl (C=O) groups is 1. The summed E-state index contributed by atoms with van der Waals surface area (Å²) < 4.78 is 24.5. The summed E-state index contributed by atoms with van der Waals surface area (Å²) in [5.74, 6) is -0.714. The van der Waals surface area contributed by atoms with Crippen molar-refractivity contribution in [3.63, 3.8) is 0 Å². The maximum Gasteiger partial charge on any atom is 0.267 e. The summed E-state index contributed by atoms with van der Waals surface area (Å²) in [6, 6.07) is 15.1. The molecule has 2 N–H and O–H groups in total. The Kier molecular flexibility index (Phi) is 5.08. The van der Waals surface area contributed by atoms with E-state index in [1.807, 2.05) is 0 Å². The summed E-state index contributed by atoms with van der Waals surface area (Å²) in [4.78, 5) is 11.2. The summed E-state index contributed by atoms with van der Waals surface area (Å²) >= 11 is 0. The summed E-state index contributed by atoms with van der Waals surface area (Å²) in [6.07, 6.45) is 2.69. The van der Waals surface area contributed by atoms with Crippen molar-refractivity contribution in [1.29, 1.82) is 0 Å². The lowest BCUT2D eigenvalue weighted by Crippen LogP contribution is -2.14. The van der Waals surface area contributed by atoms with E-state index in [1.165, 1.54) is 17.6 Å². The predicted molar refractivity (Wildman–Crippen MR) is 82.7 cm³/mol. The summed E-state index contributed by atoms with van der Waals surface area (Å²) in [6.45, 7) is 0. The molecule has 22 heavy (non-hydrogen) atoms. The molecule has 0 heterocycles. The summed E-state index contributed by atoms with van der Waals surface area (Å²) in [7, 11) is -3.37. The van der Waals surface area contributed by atoms with Gasteiger partial charge in [-0.3, -0.25) is 10.0 Å². The molecule has 0 radical (unpaired) electrons. The highest BCUT2D eigenvalue weighted by Gasteiger charge is 2.14. The molecule has 2 aromatic carbocycles. The van der Waals surface area contributed by atoms with Gasteiger partial charge in [0.25, 0.3) is 5.91 Å². The van der Waals surface area contributed by atoms with Gasteiger partial charge in [-0.05, 0) is 29.3 Å². The number of carbonyl (C=O) groups excluding carboxylic acids is 1. The minimum absolute atomic E-state index is 0.0852. The van der Waals surface area contributed by atoms with Crippen molar-refractivity contribution < 1.29 is 18.4 Å². The second kappa shape index (κ2) is 7.02. The molecule has 5 nitrogen and oxygen atoms in total. The van der Waals surface area contributed by atoms with Gasteiger partial charge >= 0.3 is 0 Å². The molecule has 0 saturated heterocycles. The molecular weight excluding hydrogens is 302 g/mol. The van der Waals surface area contributed by atoms with Gasteiger partial charge in [-0.25, -0.2) is 13.9 Å². The topological polar surface area (TPSA) is 83.5 Å². The maximum atomic E-state index is 12.2. The average Bonchev–Trinajstić information content (AvgIpc) is 2.54. The zero-order valence-electron chi connectivity index (χ0n) is 11.6. The van der Waals surface area contributed by atoms with Crippen LogP contribution >= 0.6 is 0 Å². The molecule has 0 unspecified atom stereocenters. The standard InChI is InChI=1S/C16H15NO4S/c18-16(17-19)11-10-13-6-8-14(9-7-13)12-22(20,21)15-4-2-1-3-5-15/h1-11,19H,12H2,(H,17,18). The van der Waals surface area contributed by atoms with E-state index < -0.39 is 15.7 Å². The van der Waals surface area contributed by atoms with Crippen LogP contribution in [-0.4, -0.2) is 19.5 Å². The first-order valence-electron chi connectivity index (χ1n) is 6.50. The van der Waals surface area contributed by atoms with E-state index >= 15 is 0 Å². The number of amides is 1. The lowest BCUT2D eigenvalue weighted by atomic mass is 10.1. The Labute approximate surface area is 128 Å². The fourth-order valence-electron chi connectivity index (χ4n) is 1.86. The van der Waals surface area contributed by atoms with Crippen LogP contribution in [0.15, 0.2) is 65.6 Å². The highest BCUT2D eigenvalue weighted by Crippen LogP contribution is 2.16. The van der Waals surface area contributed by atoms with Crippen LogP contribution in [-0.2, 0) is 20.4 Å². The largest absolute Gasteiger partial charge is 0.288 e. The van der Waals surface area contributed by atoms with Crippen LogP contribution in [0.2, 0.25) is 0 Å².